The number of hydrogen-bond acceptors (Lipinski definition) is 2. The van der Waals surface area contributed by atoms with Crippen molar-refractivity contribution >= 4 is 6.03 Å². The summed E-state index contributed by atoms with van der Waals surface area (Å²) >= 11 is 0. The van der Waals surface area contributed by atoms with E-state index in [-0.39, 0.29) is 12.1 Å². The van der Waals surface area contributed by atoms with Crippen LogP contribution in [0.2, 0.25) is 0 Å². The van der Waals surface area contributed by atoms with Crippen LogP contribution in [0.25, 0.3) is 0 Å². The van der Waals surface area contributed by atoms with Gasteiger partial charge in [-0.2, -0.15) is 5.10 Å². The van der Waals surface area contributed by atoms with Crippen LogP contribution in [0.5, 0.6) is 0 Å². The van der Waals surface area contributed by atoms with E-state index in [0.29, 0.717) is 12.0 Å². The van der Waals surface area contributed by atoms with Gasteiger partial charge in [0.15, 0.2) is 0 Å². The lowest BCUT2D eigenvalue weighted by atomic mass is 9.84. The molecule has 1 aromatic rings. The van der Waals surface area contributed by atoms with Crippen molar-refractivity contribution in [3.05, 3.63) is 17.0 Å². The molecule has 136 valence electrons. The summed E-state index contributed by atoms with van der Waals surface area (Å²) in [5.74, 6) is 0.646. The van der Waals surface area contributed by atoms with Gasteiger partial charge in [-0.1, -0.05) is 19.3 Å². The maximum absolute atomic E-state index is 12.6. The number of aryl methyl sites for hydroxylation is 2. The third kappa shape index (κ3) is 4.31. The van der Waals surface area contributed by atoms with Gasteiger partial charge in [0.25, 0.3) is 0 Å². The fourth-order valence-electron chi connectivity index (χ4n) is 3.90. The molecule has 1 N–H and O–H groups in total. The zero-order valence-corrected chi connectivity index (χ0v) is 16.2. The van der Waals surface area contributed by atoms with Gasteiger partial charge >= 0.3 is 6.03 Å². The summed E-state index contributed by atoms with van der Waals surface area (Å²) in [6.45, 7) is 8.38. The molecule has 5 nitrogen and oxygen atoms in total. The minimum Gasteiger partial charge on any atom is -0.335 e. The Labute approximate surface area is 146 Å². The SMILES string of the molecule is Cc1nn(C)c(C)c1C[C@@H](C)NC(=O)N(C)[C@H](C)C1CCCCC1. The van der Waals surface area contributed by atoms with E-state index in [0.717, 1.165) is 12.1 Å². The lowest BCUT2D eigenvalue weighted by Gasteiger charge is -2.35. The summed E-state index contributed by atoms with van der Waals surface area (Å²) in [4.78, 5) is 14.5. The van der Waals surface area contributed by atoms with Gasteiger partial charge in [-0.05, 0) is 58.4 Å². The third-order valence-corrected chi connectivity index (χ3v) is 5.80. The molecular weight excluding hydrogens is 300 g/mol. The van der Waals surface area contributed by atoms with Gasteiger partial charge in [-0.15, -0.1) is 0 Å². The third-order valence-electron chi connectivity index (χ3n) is 5.80. The average Bonchev–Trinajstić information content (AvgIpc) is 2.80. The Morgan fingerprint density at radius 2 is 1.92 bits per heavy atom. The van der Waals surface area contributed by atoms with E-state index in [1.54, 1.807) is 0 Å². The number of amides is 2. The number of urea groups is 1. The van der Waals surface area contributed by atoms with Crippen molar-refractivity contribution in [2.24, 2.45) is 13.0 Å². The highest BCUT2D eigenvalue weighted by Gasteiger charge is 2.26. The second-order valence-electron chi connectivity index (χ2n) is 7.58. The number of aromatic nitrogens is 2. The molecular formula is C19H34N4O. The van der Waals surface area contributed by atoms with Crippen LogP contribution in [0.15, 0.2) is 0 Å². The van der Waals surface area contributed by atoms with E-state index in [4.69, 9.17) is 0 Å². The summed E-state index contributed by atoms with van der Waals surface area (Å²) in [5, 5.41) is 7.62. The predicted octanol–water partition coefficient (Wildman–Crippen LogP) is 3.58. The number of carbonyl (C=O) groups is 1. The van der Waals surface area contributed by atoms with Crippen LogP contribution in [0.3, 0.4) is 0 Å². The van der Waals surface area contributed by atoms with E-state index in [1.807, 2.05) is 30.6 Å². The van der Waals surface area contributed by atoms with Crippen molar-refractivity contribution in [2.75, 3.05) is 7.05 Å². The molecule has 2 rings (SSSR count). The molecule has 1 saturated carbocycles. The fourth-order valence-corrected chi connectivity index (χ4v) is 3.90. The molecule has 0 radical (unpaired) electrons. The summed E-state index contributed by atoms with van der Waals surface area (Å²) < 4.78 is 1.91. The zero-order chi connectivity index (χ0) is 17.9. The summed E-state index contributed by atoms with van der Waals surface area (Å²) in [6, 6.07) is 0.444. The van der Waals surface area contributed by atoms with Crippen molar-refractivity contribution in [1.29, 1.82) is 0 Å². The molecule has 0 bridgehead atoms. The number of carbonyl (C=O) groups excluding carboxylic acids is 1. The Morgan fingerprint density at radius 1 is 1.29 bits per heavy atom. The first-order valence-electron chi connectivity index (χ1n) is 9.33. The molecule has 1 fully saturated rings. The minimum atomic E-state index is 0.0415. The highest BCUT2D eigenvalue weighted by Crippen LogP contribution is 2.28. The van der Waals surface area contributed by atoms with E-state index >= 15 is 0 Å². The Balaban J connectivity index is 1.90. The van der Waals surface area contributed by atoms with Crippen molar-refractivity contribution in [2.45, 2.75) is 78.3 Å². The molecule has 1 aromatic heterocycles. The first-order chi connectivity index (χ1) is 11.3. The minimum absolute atomic E-state index is 0.0415. The van der Waals surface area contributed by atoms with Crippen LogP contribution >= 0.6 is 0 Å². The Hall–Kier alpha value is -1.52. The fraction of sp³-hybridized carbons (Fsp3) is 0.789. The monoisotopic (exact) mass is 334 g/mol. The van der Waals surface area contributed by atoms with Crippen LogP contribution in [-0.2, 0) is 13.5 Å². The van der Waals surface area contributed by atoms with Crippen molar-refractivity contribution < 1.29 is 4.79 Å². The zero-order valence-electron chi connectivity index (χ0n) is 16.2. The molecule has 1 aliphatic rings. The predicted molar refractivity (Wildman–Crippen MR) is 98.2 cm³/mol. The van der Waals surface area contributed by atoms with Crippen molar-refractivity contribution in [3.63, 3.8) is 0 Å². The summed E-state index contributed by atoms with van der Waals surface area (Å²) in [7, 11) is 3.90. The molecule has 0 unspecified atom stereocenters. The molecule has 1 heterocycles. The molecule has 0 spiro atoms. The Morgan fingerprint density at radius 3 is 2.46 bits per heavy atom. The maximum Gasteiger partial charge on any atom is 0.317 e. The summed E-state index contributed by atoms with van der Waals surface area (Å²) in [6.07, 6.45) is 7.29. The van der Waals surface area contributed by atoms with Crippen molar-refractivity contribution in [1.82, 2.24) is 20.0 Å². The van der Waals surface area contributed by atoms with Gasteiger partial charge in [0, 0.05) is 31.9 Å². The van der Waals surface area contributed by atoms with Crippen LogP contribution < -0.4 is 5.32 Å². The standard InChI is InChI=1S/C19H34N4O/c1-13(12-18-14(2)21-23(6)16(18)4)20-19(24)22(5)15(3)17-10-8-7-9-11-17/h13,15,17H,7-12H2,1-6H3,(H,20,24)/t13-,15-/m1/s1. The second kappa shape index (κ2) is 8.04. The van der Waals surface area contributed by atoms with Gasteiger partial charge in [-0.25, -0.2) is 4.79 Å². The van der Waals surface area contributed by atoms with Gasteiger partial charge < -0.3 is 10.2 Å². The van der Waals surface area contributed by atoms with Gasteiger partial charge in [0.2, 0.25) is 0 Å². The van der Waals surface area contributed by atoms with Crippen LogP contribution in [0.4, 0.5) is 4.79 Å². The maximum atomic E-state index is 12.6. The quantitative estimate of drug-likeness (QED) is 0.895. The molecule has 2 amide bonds. The first-order valence-corrected chi connectivity index (χ1v) is 9.33. The van der Waals surface area contributed by atoms with E-state index in [1.165, 1.54) is 43.4 Å². The molecule has 0 saturated heterocycles. The van der Waals surface area contributed by atoms with Gasteiger partial charge in [0.1, 0.15) is 0 Å². The lowest BCUT2D eigenvalue weighted by Crippen LogP contribution is -2.48. The van der Waals surface area contributed by atoms with Crippen LogP contribution in [0, 0.1) is 19.8 Å². The summed E-state index contributed by atoms with van der Waals surface area (Å²) in [5.41, 5.74) is 3.48. The largest absolute Gasteiger partial charge is 0.335 e. The number of hydrogen-bond donors (Lipinski definition) is 1. The molecule has 2 atom stereocenters. The first kappa shape index (κ1) is 18.8. The highest BCUT2D eigenvalue weighted by atomic mass is 16.2. The number of nitrogens with zero attached hydrogens (tertiary/aromatic N) is 3. The van der Waals surface area contributed by atoms with Gasteiger partial charge in [-0.3, -0.25) is 4.68 Å². The van der Waals surface area contributed by atoms with Crippen molar-refractivity contribution in [3.8, 4) is 0 Å². The lowest BCUT2D eigenvalue weighted by molar-refractivity contribution is 0.154. The van der Waals surface area contributed by atoms with E-state index in [9.17, 15) is 4.79 Å². The molecule has 24 heavy (non-hydrogen) atoms. The normalized spacial score (nSPS) is 18.2. The smallest absolute Gasteiger partial charge is 0.317 e. The Kier molecular flexibility index (Phi) is 6.30. The molecule has 0 aromatic carbocycles. The second-order valence-corrected chi connectivity index (χ2v) is 7.58. The Bertz CT molecular complexity index is 560. The van der Waals surface area contributed by atoms with Crippen LogP contribution in [-0.4, -0.2) is 39.8 Å². The number of nitrogens with one attached hydrogen (secondary N) is 1. The van der Waals surface area contributed by atoms with E-state index < -0.39 is 0 Å². The average molecular weight is 335 g/mol. The molecule has 1 aliphatic carbocycles. The topological polar surface area (TPSA) is 50.2 Å². The van der Waals surface area contributed by atoms with E-state index in [2.05, 4.69) is 31.2 Å². The van der Waals surface area contributed by atoms with Crippen LogP contribution in [0.1, 0.15) is 62.9 Å². The van der Waals surface area contributed by atoms with Gasteiger partial charge in [0.05, 0.1) is 5.69 Å². The number of rotatable bonds is 5. The molecule has 0 aliphatic heterocycles. The highest BCUT2D eigenvalue weighted by molar-refractivity contribution is 5.74. The molecule has 5 heteroatoms.